The summed E-state index contributed by atoms with van der Waals surface area (Å²) in [5.41, 5.74) is 1.08. The number of hydrogen-bond donors (Lipinski definition) is 2. The molecule has 5 aromatic rings. The number of hydrogen-bond acceptors (Lipinski definition) is 9. The van der Waals surface area contributed by atoms with Crippen LogP contribution in [0.2, 0.25) is 5.02 Å². The average Bonchev–Trinajstić information content (AvgIpc) is 3.68. The minimum Gasteiger partial charge on any atom is -0.450 e. The number of aryl methyl sites for hydroxylation is 1. The van der Waals surface area contributed by atoms with E-state index in [-0.39, 0.29) is 40.6 Å². The van der Waals surface area contributed by atoms with Crippen molar-refractivity contribution in [2.75, 3.05) is 37.9 Å². The molecule has 1 aromatic carbocycles. The molecule has 5 heterocycles. The first kappa shape index (κ1) is 28.0. The normalized spacial score (nSPS) is 16.0. The number of halogens is 4. The van der Waals surface area contributed by atoms with Crippen molar-refractivity contribution in [3.8, 4) is 11.5 Å². The van der Waals surface area contributed by atoms with Gasteiger partial charge in [0.25, 0.3) is 0 Å². The van der Waals surface area contributed by atoms with Gasteiger partial charge in [0.15, 0.2) is 17.1 Å². The second kappa shape index (κ2) is 10.9. The van der Waals surface area contributed by atoms with Gasteiger partial charge in [0.05, 0.1) is 36.5 Å². The van der Waals surface area contributed by atoms with Gasteiger partial charge in [-0.25, -0.2) is 14.5 Å². The van der Waals surface area contributed by atoms with Gasteiger partial charge in [0.2, 0.25) is 5.95 Å². The van der Waals surface area contributed by atoms with Crippen molar-refractivity contribution in [1.29, 1.82) is 0 Å². The van der Waals surface area contributed by atoms with Gasteiger partial charge < -0.3 is 24.7 Å². The average molecular weight is 602 g/mol. The third-order valence-electron chi connectivity index (χ3n) is 7.28. The number of anilines is 3. The fourth-order valence-electron chi connectivity index (χ4n) is 5.04. The van der Waals surface area contributed by atoms with E-state index in [0.717, 1.165) is 12.5 Å². The maximum Gasteiger partial charge on any atom is 0.416 e. The van der Waals surface area contributed by atoms with E-state index in [4.69, 9.17) is 21.1 Å². The van der Waals surface area contributed by atoms with Gasteiger partial charge in [0, 0.05) is 46.5 Å². The van der Waals surface area contributed by atoms with Crippen LogP contribution in [0.3, 0.4) is 0 Å². The predicted octanol–water partition coefficient (Wildman–Crippen LogP) is 5.48. The van der Waals surface area contributed by atoms with Crippen molar-refractivity contribution in [2.45, 2.75) is 25.2 Å². The van der Waals surface area contributed by atoms with Crippen LogP contribution >= 0.6 is 11.6 Å². The Morgan fingerprint density at radius 2 is 1.98 bits per heavy atom. The van der Waals surface area contributed by atoms with E-state index in [2.05, 4.69) is 30.7 Å². The molecule has 6 rings (SSSR count). The third kappa shape index (κ3) is 5.28. The van der Waals surface area contributed by atoms with E-state index in [1.165, 1.54) is 18.5 Å². The number of likely N-dealkylation sites (tertiary alicyclic amines) is 1. The van der Waals surface area contributed by atoms with Crippen LogP contribution in [0, 0.1) is 0 Å². The topological polar surface area (TPSA) is 107 Å². The van der Waals surface area contributed by atoms with Crippen molar-refractivity contribution in [1.82, 2.24) is 34.0 Å². The number of benzene rings is 1. The fourth-order valence-corrected chi connectivity index (χ4v) is 5.34. The molecular weight excluding hydrogens is 575 g/mol. The summed E-state index contributed by atoms with van der Waals surface area (Å²) in [5.74, 6) is 1.57. The van der Waals surface area contributed by atoms with Crippen molar-refractivity contribution in [3.63, 3.8) is 0 Å². The van der Waals surface area contributed by atoms with Crippen LogP contribution in [0.25, 0.3) is 16.7 Å². The zero-order chi connectivity index (χ0) is 29.6. The molecule has 0 aliphatic carbocycles. The molecule has 42 heavy (non-hydrogen) atoms. The summed E-state index contributed by atoms with van der Waals surface area (Å²) in [7, 11) is 5.06. The van der Waals surface area contributed by atoms with Crippen LogP contribution in [-0.4, -0.2) is 67.4 Å². The van der Waals surface area contributed by atoms with Gasteiger partial charge in [-0.15, -0.1) is 0 Å². The van der Waals surface area contributed by atoms with Crippen LogP contribution in [0.15, 0.2) is 43.0 Å². The first-order valence-corrected chi connectivity index (χ1v) is 13.4. The molecule has 1 fully saturated rings. The van der Waals surface area contributed by atoms with E-state index in [9.17, 15) is 13.2 Å². The molecule has 2 N–H and O–H groups in total. The number of nitrogens with one attached hydrogen (secondary N) is 2. The number of ether oxygens (including phenoxy) is 2. The van der Waals surface area contributed by atoms with Gasteiger partial charge in [-0.2, -0.15) is 23.3 Å². The Kier molecular flexibility index (Phi) is 7.29. The molecule has 1 saturated heterocycles. The highest BCUT2D eigenvalue weighted by atomic mass is 35.5. The Labute approximate surface area is 243 Å². The zero-order valence-electron chi connectivity index (χ0n) is 22.9. The second-order valence-electron chi connectivity index (χ2n) is 9.94. The molecule has 0 amide bonds. The Morgan fingerprint density at radius 3 is 2.71 bits per heavy atom. The quantitative estimate of drug-likeness (QED) is 0.239. The highest BCUT2D eigenvalue weighted by Crippen LogP contribution is 2.38. The molecule has 0 saturated carbocycles. The van der Waals surface area contributed by atoms with E-state index in [1.54, 1.807) is 48.7 Å². The van der Waals surface area contributed by atoms with Gasteiger partial charge in [-0.1, -0.05) is 17.7 Å². The maximum atomic E-state index is 14.1. The van der Waals surface area contributed by atoms with Crippen molar-refractivity contribution in [2.24, 2.45) is 7.05 Å². The Hall–Kier alpha value is -4.14. The highest BCUT2D eigenvalue weighted by molar-refractivity contribution is 6.36. The number of aromatic nitrogens is 6. The maximum absolute atomic E-state index is 14.1. The van der Waals surface area contributed by atoms with E-state index >= 15 is 0 Å². The minimum absolute atomic E-state index is 0.0346. The van der Waals surface area contributed by atoms with Gasteiger partial charge in [-0.05, 0) is 24.1 Å². The fraction of sp³-hybridized carbons (Fsp3) is 0.333. The number of nitrogens with zero attached hydrogens (tertiary/aromatic N) is 7. The van der Waals surface area contributed by atoms with Gasteiger partial charge in [-0.3, -0.25) is 4.90 Å². The summed E-state index contributed by atoms with van der Waals surface area (Å²) < 4.78 is 56.8. The Bertz CT molecular complexity index is 1770. The SMILES string of the molecule is CNc1cn2ncc(Oc3cnc4nc(Nc5ccc(CN6CC[C@@H](OC)C6)c(C(F)(F)F)c5)n(C)c4c3Cl)c2cn1. The van der Waals surface area contributed by atoms with Crippen molar-refractivity contribution < 1.29 is 22.6 Å². The molecule has 1 atom stereocenters. The lowest BCUT2D eigenvalue weighted by Gasteiger charge is -2.20. The zero-order valence-corrected chi connectivity index (χ0v) is 23.7. The van der Waals surface area contributed by atoms with E-state index < -0.39 is 11.7 Å². The molecular formula is C27H27ClF3N9O2. The number of fused-ring (bicyclic) bond motifs is 2. The van der Waals surface area contributed by atoms with Gasteiger partial charge in [0.1, 0.15) is 21.9 Å². The smallest absolute Gasteiger partial charge is 0.416 e. The molecule has 1 aliphatic rings. The lowest BCUT2D eigenvalue weighted by molar-refractivity contribution is -0.138. The molecule has 4 aromatic heterocycles. The highest BCUT2D eigenvalue weighted by Gasteiger charge is 2.35. The first-order chi connectivity index (χ1) is 20.1. The molecule has 0 radical (unpaired) electrons. The van der Waals surface area contributed by atoms with Crippen LogP contribution in [0.4, 0.5) is 30.6 Å². The number of rotatable bonds is 8. The predicted molar refractivity (Wildman–Crippen MR) is 152 cm³/mol. The molecule has 1 aliphatic heterocycles. The molecule has 15 heteroatoms. The van der Waals surface area contributed by atoms with Crippen molar-refractivity contribution in [3.05, 3.63) is 59.1 Å². The molecule has 11 nitrogen and oxygen atoms in total. The number of pyridine rings is 1. The summed E-state index contributed by atoms with van der Waals surface area (Å²) in [5, 5.41) is 10.4. The molecule has 0 unspecified atom stereocenters. The third-order valence-corrected chi connectivity index (χ3v) is 7.64. The summed E-state index contributed by atoms with van der Waals surface area (Å²) in [4.78, 5) is 15.1. The van der Waals surface area contributed by atoms with Crippen LogP contribution in [0.5, 0.6) is 11.5 Å². The monoisotopic (exact) mass is 601 g/mol. The number of imidazole rings is 1. The summed E-state index contributed by atoms with van der Waals surface area (Å²) in [6.07, 6.45) is 2.60. The van der Waals surface area contributed by atoms with E-state index in [1.807, 2.05) is 4.90 Å². The lowest BCUT2D eigenvalue weighted by Crippen LogP contribution is -2.24. The molecule has 0 spiro atoms. The summed E-state index contributed by atoms with van der Waals surface area (Å²) >= 11 is 6.72. The number of alkyl halides is 3. The second-order valence-corrected chi connectivity index (χ2v) is 10.3. The largest absolute Gasteiger partial charge is 0.450 e. The summed E-state index contributed by atoms with van der Waals surface area (Å²) in [6.45, 7) is 1.46. The molecule has 0 bridgehead atoms. The number of methoxy groups -OCH3 is 1. The summed E-state index contributed by atoms with van der Waals surface area (Å²) in [6, 6.07) is 4.20. The van der Waals surface area contributed by atoms with Crippen molar-refractivity contribution >= 4 is 45.7 Å². The standard InChI is InChI=1S/C27H27ClF3N9O2/c1-32-22-14-40-19(9-33-22)20(11-35-40)42-21-10-34-25-24(23(21)28)38(2)26(37-25)36-16-5-4-15(18(8-16)27(29,30)31)12-39-7-6-17(13-39)41-3/h4-5,8-11,14,17,32H,6-7,12-13H2,1-3H3,(H,34,36,37)/t17-/m1/s1. The molecule has 220 valence electrons. The first-order valence-electron chi connectivity index (χ1n) is 13.1. The van der Waals surface area contributed by atoms with E-state index in [0.29, 0.717) is 41.3 Å². The van der Waals surface area contributed by atoms with Gasteiger partial charge >= 0.3 is 6.18 Å². The Morgan fingerprint density at radius 1 is 1.14 bits per heavy atom. The minimum atomic E-state index is -4.53. The van der Waals surface area contributed by atoms with Crippen LogP contribution in [-0.2, 0) is 24.5 Å². The van der Waals surface area contributed by atoms with Crippen LogP contribution < -0.4 is 15.4 Å². The Balaban J connectivity index is 1.27. The van der Waals surface area contributed by atoms with Crippen LogP contribution in [0.1, 0.15) is 17.5 Å². The lowest BCUT2D eigenvalue weighted by atomic mass is 10.1.